The van der Waals surface area contributed by atoms with E-state index in [2.05, 4.69) is 0 Å². The second-order valence-corrected chi connectivity index (χ2v) is 3.34. The Morgan fingerprint density at radius 3 is 2.88 bits per heavy atom. The van der Waals surface area contributed by atoms with E-state index in [0.717, 1.165) is 6.08 Å². The van der Waals surface area contributed by atoms with Gasteiger partial charge in [-0.1, -0.05) is 0 Å². The van der Waals surface area contributed by atoms with Gasteiger partial charge in [0.15, 0.2) is 0 Å². The van der Waals surface area contributed by atoms with E-state index in [0.29, 0.717) is 25.8 Å². The molecule has 1 heterocycles. The van der Waals surface area contributed by atoms with E-state index >= 15 is 0 Å². The number of hydrogen-bond acceptors (Lipinski definition) is 6. The van der Waals surface area contributed by atoms with Gasteiger partial charge in [0.2, 0.25) is 0 Å². The fraction of sp³-hybridized carbons (Fsp3) is 0.500. The van der Waals surface area contributed by atoms with Crippen LogP contribution in [0.3, 0.4) is 0 Å². The Labute approximate surface area is 97.6 Å². The number of carboxylic acids is 1. The van der Waals surface area contributed by atoms with Crippen molar-refractivity contribution in [1.29, 1.82) is 0 Å². The summed E-state index contributed by atoms with van der Waals surface area (Å²) >= 11 is 0. The summed E-state index contributed by atoms with van der Waals surface area (Å²) in [5.41, 5.74) is 0. The van der Waals surface area contributed by atoms with E-state index in [-0.39, 0.29) is 19.1 Å². The molecule has 0 aliphatic carbocycles. The monoisotopic (exact) mass is 243 g/mol. The van der Waals surface area contributed by atoms with Crippen molar-refractivity contribution in [2.24, 2.45) is 0 Å². The number of cyclic esters (lactones) is 1. The third-order valence-electron chi connectivity index (χ3n) is 2.04. The van der Waals surface area contributed by atoms with Crippen LogP contribution in [0.5, 0.6) is 0 Å². The number of esters is 2. The molecule has 1 rings (SSSR count). The average molecular weight is 243 g/mol. The van der Waals surface area contributed by atoms with Gasteiger partial charge in [-0.3, -0.25) is 9.69 Å². The molecule has 0 amide bonds. The Bertz CT molecular complexity index is 338. The molecule has 0 aromatic heterocycles. The summed E-state index contributed by atoms with van der Waals surface area (Å²) in [5.74, 6) is -2.22. The molecule has 1 saturated heterocycles. The molecule has 7 nitrogen and oxygen atoms in total. The summed E-state index contributed by atoms with van der Waals surface area (Å²) in [6, 6.07) is 0. The first-order valence-corrected chi connectivity index (χ1v) is 5.03. The highest BCUT2D eigenvalue weighted by atomic mass is 16.5. The molecule has 17 heavy (non-hydrogen) atoms. The SMILES string of the molecule is O=C(O)/C=C/C(=O)OCCN1CCOC(=O)C1. The summed E-state index contributed by atoms with van der Waals surface area (Å²) < 4.78 is 9.48. The largest absolute Gasteiger partial charge is 0.478 e. The summed E-state index contributed by atoms with van der Waals surface area (Å²) in [4.78, 5) is 33.8. The molecule has 1 aliphatic heterocycles. The number of nitrogens with zero attached hydrogens (tertiary/aromatic N) is 1. The minimum absolute atomic E-state index is 0.107. The number of carbonyl (C=O) groups is 3. The first-order valence-electron chi connectivity index (χ1n) is 5.03. The number of hydrogen-bond donors (Lipinski definition) is 1. The van der Waals surface area contributed by atoms with Crippen LogP contribution in [0.4, 0.5) is 0 Å². The zero-order chi connectivity index (χ0) is 12.7. The molecular weight excluding hydrogens is 230 g/mol. The molecule has 0 atom stereocenters. The highest BCUT2D eigenvalue weighted by molar-refractivity contribution is 5.90. The molecule has 0 saturated carbocycles. The van der Waals surface area contributed by atoms with Gasteiger partial charge < -0.3 is 14.6 Å². The van der Waals surface area contributed by atoms with E-state index in [1.165, 1.54) is 0 Å². The van der Waals surface area contributed by atoms with Crippen molar-refractivity contribution in [1.82, 2.24) is 4.90 Å². The Kier molecular flexibility index (Phi) is 5.15. The lowest BCUT2D eigenvalue weighted by atomic mass is 10.4. The summed E-state index contributed by atoms with van der Waals surface area (Å²) in [7, 11) is 0. The van der Waals surface area contributed by atoms with Gasteiger partial charge in [-0.2, -0.15) is 0 Å². The van der Waals surface area contributed by atoms with Gasteiger partial charge in [0.05, 0.1) is 6.54 Å². The zero-order valence-corrected chi connectivity index (χ0v) is 9.13. The highest BCUT2D eigenvalue weighted by Crippen LogP contribution is 1.97. The van der Waals surface area contributed by atoms with Gasteiger partial charge in [0.25, 0.3) is 0 Å². The topological polar surface area (TPSA) is 93.1 Å². The van der Waals surface area contributed by atoms with E-state index in [1.807, 2.05) is 0 Å². The van der Waals surface area contributed by atoms with Gasteiger partial charge in [0.1, 0.15) is 13.2 Å². The summed E-state index contributed by atoms with van der Waals surface area (Å²) in [6.45, 7) is 1.65. The summed E-state index contributed by atoms with van der Waals surface area (Å²) in [5, 5.41) is 8.27. The van der Waals surface area contributed by atoms with Gasteiger partial charge in [-0.25, -0.2) is 9.59 Å². The van der Waals surface area contributed by atoms with E-state index in [4.69, 9.17) is 14.6 Å². The van der Waals surface area contributed by atoms with E-state index in [1.54, 1.807) is 4.90 Å². The van der Waals surface area contributed by atoms with Crippen molar-refractivity contribution in [2.45, 2.75) is 0 Å². The van der Waals surface area contributed by atoms with Crippen LogP contribution >= 0.6 is 0 Å². The lowest BCUT2D eigenvalue weighted by Crippen LogP contribution is -2.41. The minimum Gasteiger partial charge on any atom is -0.478 e. The fourth-order valence-electron chi connectivity index (χ4n) is 1.25. The van der Waals surface area contributed by atoms with Crippen LogP contribution < -0.4 is 0 Å². The normalized spacial score (nSPS) is 16.8. The van der Waals surface area contributed by atoms with Crippen LogP contribution in [0.1, 0.15) is 0 Å². The van der Waals surface area contributed by atoms with Crippen LogP contribution in [0, 0.1) is 0 Å². The summed E-state index contributed by atoms with van der Waals surface area (Å²) in [6.07, 6.45) is 1.55. The Hall–Kier alpha value is -1.89. The molecule has 0 radical (unpaired) electrons. The van der Waals surface area contributed by atoms with Crippen molar-refractivity contribution in [3.63, 3.8) is 0 Å². The van der Waals surface area contributed by atoms with E-state index in [9.17, 15) is 14.4 Å². The molecule has 1 fully saturated rings. The Morgan fingerprint density at radius 2 is 2.24 bits per heavy atom. The maximum Gasteiger partial charge on any atom is 0.331 e. The molecule has 1 N–H and O–H groups in total. The van der Waals surface area contributed by atoms with Crippen LogP contribution in [0.2, 0.25) is 0 Å². The molecule has 0 bridgehead atoms. The number of ether oxygens (including phenoxy) is 2. The number of morpholine rings is 1. The minimum atomic E-state index is -1.21. The van der Waals surface area contributed by atoms with Crippen molar-refractivity contribution in [3.8, 4) is 0 Å². The molecule has 94 valence electrons. The lowest BCUT2D eigenvalue weighted by Gasteiger charge is -2.24. The molecule has 0 unspecified atom stereocenters. The maximum atomic E-state index is 11.0. The second-order valence-electron chi connectivity index (χ2n) is 3.34. The molecule has 0 aromatic rings. The fourth-order valence-corrected chi connectivity index (χ4v) is 1.25. The van der Waals surface area contributed by atoms with Crippen molar-refractivity contribution >= 4 is 17.9 Å². The van der Waals surface area contributed by atoms with Crippen molar-refractivity contribution in [2.75, 3.05) is 32.8 Å². The first kappa shape index (κ1) is 13.2. The van der Waals surface area contributed by atoms with Crippen LogP contribution in [0.25, 0.3) is 0 Å². The Balaban J connectivity index is 2.16. The van der Waals surface area contributed by atoms with Gasteiger partial charge >= 0.3 is 17.9 Å². The zero-order valence-electron chi connectivity index (χ0n) is 9.13. The van der Waals surface area contributed by atoms with Gasteiger partial charge in [-0.05, 0) is 0 Å². The van der Waals surface area contributed by atoms with E-state index < -0.39 is 11.9 Å². The number of carboxylic acid groups (broad SMARTS) is 1. The number of carbonyl (C=O) groups excluding carboxylic acids is 2. The van der Waals surface area contributed by atoms with Crippen LogP contribution in [-0.2, 0) is 23.9 Å². The lowest BCUT2D eigenvalue weighted by molar-refractivity contribution is -0.151. The van der Waals surface area contributed by atoms with Gasteiger partial charge in [-0.15, -0.1) is 0 Å². The number of aliphatic carboxylic acids is 1. The van der Waals surface area contributed by atoms with Gasteiger partial charge in [0, 0.05) is 25.2 Å². The van der Waals surface area contributed by atoms with Crippen molar-refractivity contribution in [3.05, 3.63) is 12.2 Å². The molecule has 1 aliphatic rings. The average Bonchev–Trinajstić information content (AvgIpc) is 2.26. The molecule has 0 aromatic carbocycles. The third-order valence-corrected chi connectivity index (χ3v) is 2.04. The molecule has 7 heteroatoms. The number of rotatable bonds is 5. The second kappa shape index (κ2) is 6.64. The highest BCUT2D eigenvalue weighted by Gasteiger charge is 2.17. The third kappa shape index (κ3) is 5.67. The standard InChI is InChI=1S/C10H13NO6/c12-8(13)1-2-9(14)16-5-3-11-4-6-17-10(15)7-11/h1-2H,3-7H2,(H,12,13)/b2-1+. The molecular formula is C10H13NO6. The molecule has 0 spiro atoms. The quantitative estimate of drug-likeness (QED) is 0.490. The maximum absolute atomic E-state index is 11.0. The predicted octanol–water partition coefficient (Wildman–Crippen LogP) is -0.971. The van der Waals surface area contributed by atoms with Crippen LogP contribution in [0.15, 0.2) is 12.2 Å². The van der Waals surface area contributed by atoms with Crippen LogP contribution in [-0.4, -0.2) is 60.8 Å². The Morgan fingerprint density at radius 1 is 1.47 bits per heavy atom. The smallest absolute Gasteiger partial charge is 0.331 e. The first-order chi connectivity index (χ1) is 8.08. The van der Waals surface area contributed by atoms with Crippen molar-refractivity contribution < 1.29 is 29.0 Å². The predicted molar refractivity (Wildman–Crippen MR) is 55.1 cm³/mol.